The van der Waals surface area contributed by atoms with Gasteiger partial charge in [0.15, 0.2) is 11.5 Å². The van der Waals surface area contributed by atoms with Crippen molar-refractivity contribution in [3.63, 3.8) is 0 Å². The molecule has 152 valence electrons. The molecule has 1 aromatic carbocycles. The largest absolute Gasteiger partial charge is 0.493 e. The van der Waals surface area contributed by atoms with Crippen molar-refractivity contribution in [2.24, 2.45) is 5.92 Å². The number of nitrogens with one attached hydrogen (secondary N) is 1. The molecular formula is C21H27NO5S. The van der Waals surface area contributed by atoms with Gasteiger partial charge in [-0.25, -0.2) is 4.79 Å². The van der Waals surface area contributed by atoms with Crippen LogP contribution in [-0.2, 0) is 9.53 Å². The predicted octanol–water partition coefficient (Wildman–Crippen LogP) is 4.98. The van der Waals surface area contributed by atoms with Crippen molar-refractivity contribution in [2.45, 2.75) is 33.6 Å². The molecule has 28 heavy (non-hydrogen) atoms. The van der Waals surface area contributed by atoms with Gasteiger partial charge >= 0.3 is 5.97 Å². The minimum Gasteiger partial charge on any atom is -0.493 e. The van der Waals surface area contributed by atoms with Crippen LogP contribution in [0.5, 0.6) is 11.5 Å². The van der Waals surface area contributed by atoms with Crippen LogP contribution < -0.4 is 14.8 Å². The maximum Gasteiger partial charge on any atom is 0.341 e. The minimum absolute atomic E-state index is 0.0868. The Morgan fingerprint density at radius 1 is 1.07 bits per heavy atom. The lowest BCUT2D eigenvalue weighted by atomic mass is 10.0. The fourth-order valence-electron chi connectivity index (χ4n) is 2.95. The molecule has 7 heteroatoms. The van der Waals surface area contributed by atoms with Crippen molar-refractivity contribution in [1.29, 1.82) is 0 Å². The van der Waals surface area contributed by atoms with Gasteiger partial charge in [-0.15, -0.1) is 11.3 Å². The molecule has 0 atom stereocenters. The Morgan fingerprint density at radius 2 is 1.75 bits per heavy atom. The lowest BCUT2D eigenvalue weighted by Gasteiger charge is -2.14. The minimum atomic E-state index is -0.464. The zero-order chi connectivity index (χ0) is 20.7. The van der Waals surface area contributed by atoms with Gasteiger partial charge in [0.2, 0.25) is 5.91 Å². The first-order valence-electron chi connectivity index (χ1n) is 9.32. The van der Waals surface area contributed by atoms with Crippen molar-refractivity contribution < 1.29 is 23.8 Å². The van der Waals surface area contributed by atoms with Crippen LogP contribution in [0.15, 0.2) is 23.6 Å². The number of carbonyl (C=O) groups excluding carboxylic acids is 2. The van der Waals surface area contributed by atoms with E-state index in [1.165, 1.54) is 11.3 Å². The summed E-state index contributed by atoms with van der Waals surface area (Å²) in [7, 11) is 3.13. The zero-order valence-electron chi connectivity index (χ0n) is 17.0. The summed E-state index contributed by atoms with van der Waals surface area (Å²) in [6, 6.07) is 5.43. The van der Waals surface area contributed by atoms with E-state index in [4.69, 9.17) is 14.2 Å². The van der Waals surface area contributed by atoms with Crippen LogP contribution in [0.2, 0.25) is 0 Å². The molecule has 2 rings (SSSR count). The van der Waals surface area contributed by atoms with Crippen molar-refractivity contribution in [3.05, 3.63) is 29.1 Å². The van der Waals surface area contributed by atoms with Crippen molar-refractivity contribution in [3.8, 4) is 22.6 Å². The van der Waals surface area contributed by atoms with Crippen molar-refractivity contribution >= 4 is 28.2 Å². The van der Waals surface area contributed by atoms with E-state index < -0.39 is 5.97 Å². The summed E-state index contributed by atoms with van der Waals surface area (Å²) < 4.78 is 15.9. The average Bonchev–Trinajstić information content (AvgIpc) is 3.12. The molecule has 0 radical (unpaired) electrons. The molecule has 1 N–H and O–H groups in total. The van der Waals surface area contributed by atoms with Crippen LogP contribution in [0.25, 0.3) is 11.1 Å². The molecule has 0 aliphatic rings. The Kier molecular flexibility index (Phi) is 7.87. The highest BCUT2D eigenvalue weighted by Crippen LogP contribution is 2.39. The topological polar surface area (TPSA) is 73.9 Å². The summed E-state index contributed by atoms with van der Waals surface area (Å²) in [5.41, 5.74) is 1.82. The first kappa shape index (κ1) is 21.8. The number of carbonyl (C=O) groups is 2. The van der Waals surface area contributed by atoms with Crippen LogP contribution in [0, 0.1) is 5.92 Å². The number of rotatable bonds is 9. The third kappa shape index (κ3) is 4.65. The summed E-state index contributed by atoms with van der Waals surface area (Å²) in [6.07, 6.45) is 1.48. The van der Waals surface area contributed by atoms with E-state index in [1.54, 1.807) is 33.3 Å². The number of amides is 1. The number of hydrogen-bond acceptors (Lipinski definition) is 6. The van der Waals surface area contributed by atoms with Gasteiger partial charge in [-0.3, -0.25) is 4.79 Å². The SMILES string of the molecule is CCOC(=O)c1c(-c2ccc(OC)c(OC)c2)csc1NC(=O)C(CC)CC. The van der Waals surface area contributed by atoms with E-state index in [1.807, 2.05) is 25.3 Å². The van der Waals surface area contributed by atoms with Crippen molar-refractivity contribution in [1.82, 2.24) is 0 Å². The standard InChI is InChI=1S/C21H27NO5S/c1-6-13(7-2)19(23)22-20-18(21(24)27-8-3)15(12-28-20)14-9-10-16(25-4)17(11-14)26-5/h9-13H,6-8H2,1-5H3,(H,22,23). The quantitative estimate of drug-likeness (QED) is 0.595. The van der Waals surface area contributed by atoms with E-state index in [9.17, 15) is 9.59 Å². The second-order valence-corrected chi connectivity index (χ2v) is 7.03. The van der Waals surface area contributed by atoms with E-state index in [2.05, 4.69) is 5.32 Å². The van der Waals surface area contributed by atoms with E-state index in [0.717, 1.165) is 18.4 Å². The van der Waals surface area contributed by atoms with Gasteiger partial charge in [0.1, 0.15) is 10.6 Å². The van der Waals surface area contributed by atoms with Gasteiger partial charge in [-0.2, -0.15) is 0 Å². The predicted molar refractivity (Wildman–Crippen MR) is 112 cm³/mol. The van der Waals surface area contributed by atoms with E-state index in [-0.39, 0.29) is 18.4 Å². The second-order valence-electron chi connectivity index (χ2n) is 6.15. The fourth-order valence-corrected chi connectivity index (χ4v) is 3.91. The van der Waals surface area contributed by atoms with Gasteiger partial charge in [-0.05, 0) is 37.5 Å². The summed E-state index contributed by atoms with van der Waals surface area (Å²) in [6.45, 7) is 5.95. The third-order valence-electron chi connectivity index (χ3n) is 4.56. The summed E-state index contributed by atoms with van der Waals surface area (Å²) in [5.74, 6) is 0.511. The van der Waals surface area contributed by atoms with Gasteiger partial charge in [0, 0.05) is 16.9 Å². The third-order valence-corrected chi connectivity index (χ3v) is 5.45. The molecule has 6 nitrogen and oxygen atoms in total. The summed E-state index contributed by atoms with van der Waals surface area (Å²) >= 11 is 1.31. The molecule has 1 aromatic heterocycles. The van der Waals surface area contributed by atoms with Gasteiger partial charge in [0.05, 0.1) is 20.8 Å². The van der Waals surface area contributed by atoms with E-state index >= 15 is 0 Å². The fraction of sp³-hybridized carbons (Fsp3) is 0.429. The molecule has 0 aliphatic heterocycles. The summed E-state index contributed by atoms with van der Waals surface area (Å²) in [5, 5.41) is 5.26. The second kappa shape index (κ2) is 10.1. The molecule has 0 spiro atoms. The molecule has 2 aromatic rings. The highest BCUT2D eigenvalue weighted by Gasteiger charge is 2.25. The molecule has 0 unspecified atom stereocenters. The number of anilines is 1. The number of esters is 1. The number of hydrogen-bond donors (Lipinski definition) is 1. The lowest BCUT2D eigenvalue weighted by molar-refractivity contribution is -0.120. The molecule has 1 amide bonds. The molecule has 1 heterocycles. The van der Waals surface area contributed by atoms with Crippen LogP contribution in [-0.4, -0.2) is 32.7 Å². The first-order chi connectivity index (χ1) is 13.5. The lowest BCUT2D eigenvalue weighted by Crippen LogP contribution is -2.22. The summed E-state index contributed by atoms with van der Waals surface area (Å²) in [4.78, 5) is 25.2. The monoisotopic (exact) mass is 405 g/mol. The molecule has 0 saturated heterocycles. The highest BCUT2D eigenvalue weighted by atomic mass is 32.1. The van der Waals surface area contributed by atoms with Crippen LogP contribution >= 0.6 is 11.3 Å². The van der Waals surface area contributed by atoms with Crippen molar-refractivity contribution in [2.75, 3.05) is 26.1 Å². The van der Waals surface area contributed by atoms with Crippen LogP contribution in [0.3, 0.4) is 0 Å². The Balaban J connectivity index is 2.49. The maximum atomic E-state index is 12.7. The molecule has 0 bridgehead atoms. The smallest absolute Gasteiger partial charge is 0.341 e. The number of ether oxygens (including phenoxy) is 3. The highest BCUT2D eigenvalue weighted by molar-refractivity contribution is 7.15. The number of thiophene rings is 1. The van der Waals surface area contributed by atoms with Gasteiger partial charge < -0.3 is 19.5 Å². The Hall–Kier alpha value is -2.54. The van der Waals surface area contributed by atoms with E-state index in [0.29, 0.717) is 27.6 Å². The zero-order valence-corrected chi connectivity index (χ0v) is 17.8. The Morgan fingerprint density at radius 3 is 2.32 bits per heavy atom. The maximum absolute atomic E-state index is 12.7. The Bertz CT molecular complexity index is 826. The molecular weight excluding hydrogens is 378 g/mol. The van der Waals surface area contributed by atoms with Crippen LogP contribution in [0.4, 0.5) is 5.00 Å². The molecule has 0 fully saturated rings. The Labute approximate surface area is 169 Å². The van der Waals surface area contributed by atoms with Gasteiger partial charge in [-0.1, -0.05) is 19.9 Å². The van der Waals surface area contributed by atoms with Gasteiger partial charge in [0.25, 0.3) is 0 Å². The molecule has 0 aliphatic carbocycles. The van der Waals surface area contributed by atoms with Crippen LogP contribution in [0.1, 0.15) is 44.0 Å². The number of methoxy groups -OCH3 is 2. The normalized spacial score (nSPS) is 10.6. The number of benzene rings is 1. The molecule has 0 saturated carbocycles. The average molecular weight is 406 g/mol. The first-order valence-corrected chi connectivity index (χ1v) is 10.2.